The highest BCUT2D eigenvalue weighted by atomic mass is 19.3. The summed E-state index contributed by atoms with van der Waals surface area (Å²) in [5.41, 5.74) is 7.39. The van der Waals surface area contributed by atoms with E-state index in [0.717, 1.165) is 11.1 Å². The molecule has 0 radical (unpaired) electrons. The van der Waals surface area contributed by atoms with E-state index in [-0.39, 0.29) is 6.61 Å². The SMILES string of the molecule is Cc1ccccc1C(N)COCC(F)(F)C(F)F. The summed E-state index contributed by atoms with van der Waals surface area (Å²) in [6.07, 6.45) is -3.73. The smallest absolute Gasteiger partial charge is 0.330 e. The van der Waals surface area contributed by atoms with Gasteiger partial charge < -0.3 is 10.5 Å². The summed E-state index contributed by atoms with van der Waals surface area (Å²) in [6, 6.07) is 6.53. The van der Waals surface area contributed by atoms with Gasteiger partial charge in [0.25, 0.3) is 0 Å². The lowest BCUT2D eigenvalue weighted by molar-refractivity contribution is -0.166. The standard InChI is InChI=1S/C12H15F4NO/c1-8-4-2-3-5-9(8)10(17)6-18-7-12(15,16)11(13)14/h2-5,10-11H,6-7,17H2,1H3. The van der Waals surface area contributed by atoms with Gasteiger partial charge in [-0.25, -0.2) is 8.78 Å². The topological polar surface area (TPSA) is 35.2 Å². The van der Waals surface area contributed by atoms with Crippen molar-refractivity contribution < 1.29 is 22.3 Å². The molecule has 0 fully saturated rings. The first-order valence-corrected chi connectivity index (χ1v) is 5.39. The first-order valence-electron chi connectivity index (χ1n) is 5.39. The van der Waals surface area contributed by atoms with Gasteiger partial charge in [0.05, 0.1) is 12.6 Å². The number of ether oxygens (including phenoxy) is 1. The van der Waals surface area contributed by atoms with Crippen LogP contribution in [0, 0.1) is 6.92 Å². The van der Waals surface area contributed by atoms with Crippen molar-refractivity contribution in [2.45, 2.75) is 25.3 Å². The molecule has 0 saturated heterocycles. The van der Waals surface area contributed by atoms with Gasteiger partial charge in [0.15, 0.2) is 0 Å². The predicted octanol–water partition coefficient (Wildman–Crippen LogP) is 2.91. The predicted molar refractivity (Wildman–Crippen MR) is 59.9 cm³/mol. The molecule has 6 heteroatoms. The lowest BCUT2D eigenvalue weighted by Gasteiger charge is -2.18. The Balaban J connectivity index is 2.48. The van der Waals surface area contributed by atoms with Crippen molar-refractivity contribution in [1.29, 1.82) is 0 Å². The number of hydrogen-bond donors (Lipinski definition) is 1. The van der Waals surface area contributed by atoms with Gasteiger partial charge in [-0.3, -0.25) is 0 Å². The summed E-state index contributed by atoms with van der Waals surface area (Å²) in [7, 11) is 0. The van der Waals surface area contributed by atoms with Crippen molar-refractivity contribution in [2.75, 3.05) is 13.2 Å². The van der Waals surface area contributed by atoms with Gasteiger partial charge in [-0.05, 0) is 18.1 Å². The van der Waals surface area contributed by atoms with Crippen molar-refractivity contribution in [1.82, 2.24) is 0 Å². The largest absolute Gasteiger partial charge is 0.373 e. The molecule has 102 valence electrons. The lowest BCUT2D eigenvalue weighted by Crippen LogP contribution is -2.33. The van der Waals surface area contributed by atoms with Crippen LogP contribution in [0.15, 0.2) is 24.3 Å². The Kier molecular flexibility index (Phi) is 5.10. The summed E-state index contributed by atoms with van der Waals surface area (Å²) in [5.74, 6) is -4.13. The van der Waals surface area contributed by atoms with E-state index < -0.39 is 25.0 Å². The number of benzene rings is 1. The van der Waals surface area contributed by atoms with Crippen LogP contribution in [0.3, 0.4) is 0 Å². The fourth-order valence-electron chi connectivity index (χ4n) is 1.48. The second-order valence-electron chi connectivity index (χ2n) is 4.04. The van der Waals surface area contributed by atoms with Crippen LogP contribution in [0.4, 0.5) is 17.6 Å². The van der Waals surface area contributed by atoms with Gasteiger partial charge in [0.1, 0.15) is 6.61 Å². The second-order valence-corrected chi connectivity index (χ2v) is 4.04. The molecule has 0 heterocycles. The van der Waals surface area contributed by atoms with Crippen molar-refractivity contribution in [3.05, 3.63) is 35.4 Å². The van der Waals surface area contributed by atoms with Gasteiger partial charge >= 0.3 is 12.3 Å². The van der Waals surface area contributed by atoms with Crippen LogP contribution >= 0.6 is 0 Å². The van der Waals surface area contributed by atoms with Crippen LogP contribution in [0.5, 0.6) is 0 Å². The molecule has 1 unspecified atom stereocenters. The van der Waals surface area contributed by atoms with E-state index in [2.05, 4.69) is 4.74 Å². The van der Waals surface area contributed by atoms with Crippen LogP contribution in [0.1, 0.15) is 17.2 Å². The minimum atomic E-state index is -4.13. The van der Waals surface area contributed by atoms with Crippen molar-refractivity contribution in [3.8, 4) is 0 Å². The third kappa shape index (κ3) is 3.96. The minimum Gasteiger partial charge on any atom is -0.373 e. The molecule has 1 aromatic rings. The molecule has 0 aromatic heterocycles. The molecule has 1 atom stereocenters. The summed E-state index contributed by atoms with van der Waals surface area (Å²) < 4.78 is 53.4. The van der Waals surface area contributed by atoms with E-state index in [4.69, 9.17) is 5.73 Å². The summed E-state index contributed by atoms with van der Waals surface area (Å²) in [6.45, 7) is 0.264. The number of rotatable bonds is 6. The zero-order chi connectivity index (χ0) is 13.8. The van der Waals surface area contributed by atoms with Crippen LogP contribution in [0.25, 0.3) is 0 Å². The molecule has 0 spiro atoms. The quantitative estimate of drug-likeness (QED) is 0.803. The first-order chi connectivity index (χ1) is 8.34. The molecule has 0 bridgehead atoms. The maximum Gasteiger partial charge on any atom is 0.330 e. The highest BCUT2D eigenvalue weighted by Gasteiger charge is 2.41. The zero-order valence-electron chi connectivity index (χ0n) is 9.88. The third-order valence-electron chi connectivity index (χ3n) is 2.50. The van der Waals surface area contributed by atoms with Crippen LogP contribution in [-0.4, -0.2) is 25.6 Å². The van der Waals surface area contributed by atoms with E-state index in [1.54, 1.807) is 12.1 Å². The average Bonchev–Trinajstić information content (AvgIpc) is 2.29. The normalized spacial score (nSPS) is 13.9. The fourth-order valence-corrected chi connectivity index (χ4v) is 1.48. The average molecular weight is 265 g/mol. The highest BCUT2D eigenvalue weighted by Crippen LogP contribution is 2.23. The molecule has 1 rings (SSSR count). The molecular formula is C12H15F4NO. The van der Waals surface area contributed by atoms with Gasteiger partial charge in [0, 0.05) is 0 Å². The van der Waals surface area contributed by atoms with Gasteiger partial charge in [0.2, 0.25) is 0 Å². The Morgan fingerprint density at radius 3 is 2.44 bits per heavy atom. The van der Waals surface area contributed by atoms with Crippen LogP contribution < -0.4 is 5.73 Å². The number of hydrogen-bond acceptors (Lipinski definition) is 2. The highest BCUT2D eigenvalue weighted by molar-refractivity contribution is 5.28. The van der Waals surface area contributed by atoms with Crippen molar-refractivity contribution in [3.63, 3.8) is 0 Å². The Morgan fingerprint density at radius 1 is 1.28 bits per heavy atom. The molecule has 2 nitrogen and oxygen atoms in total. The zero-order valence-corrected chi connectivity index (χ0v) is 9.88. The van der Waals surface area contributed by atoms with E-state index in [9.17, 15) is 17.6 Å². The van der Waals surface area contributed by atoms with E-state index in [1.165, 1.54) is 0 Å². The summed E-state index contributed by atoms with van der Waals surface area (Å²) in [4.78, 5) is 0. The number of alkyl halides is 4. The van der Waals surface area contributed by atoms with Gasteiger partial charge in [-0.1, -0.05) is 24.3 Å². The monoisotopic (exact) mass is 265 g/mol. The molecule has 0 aliphatic heterocycles. The van der Waals surface area contributed by atoms with Crippen molar-refractivity contribution >= 4 is 0 Å². The molecule has 0 amide bonds. The first kappa shape index (κ1) is 14.9. The Bertz CT molecular complexity index is 384. The number of aryl methyl sites for hydroxylation is 1. The summed E-state index contributed by atoms with van der Waals surface area (Å²) >= 11 is 0. The molecule has 1 aromatic carbocycles. The van der Waals surface area contributed by atoms with Gasteiger partial charge in [-0.15, -0.1) is 0 Å². The van der Waals surface area contributed by atoms with Gasteiger partial charge in [-0.2, -0.15) is 8.78 Å². The lowest BCUT2D eigenvalue weighted by atomic mass is 10.0. The molecule has 18 heavy (non-hydrogen) atoms. The molecule has 0 saturated carbocycles. The van der Waals surface area contributed by atoms with E-state index >= 15 is 0 Å². The Hall–Kier alpha value is -1.14. The van der Waals surface area contributed by atoms with E-state index in [1.807, 2.05) is 19.1 Å². The molecule has 0 aliphatic rings. The molecular weight excluding hydrogens is 250 g/mol. The fraction of sp³-hybridized carbons (Fsp3) is 0.500. The maximum atomic E-state index is 12.6. The number of halogens is 4. The Morgan fingerprint density at radius 2 is 1.89 bits per heavy atom. The van der Waals surface area contributed by atoms with Crippen molar-refractivity contribution in [2.24, 2.45) is 5.73 Å². The molecule has 2 N–H and O–H groups in total. The van der Waals surface area contributed by atoms with Crippen LogP contribution in [0.2, 0.25) is 0 Å². The Labute approximate surface area is 103 Å². The maximum absolute atomic E-state index is 12.6. The second kappa shape index (κ2) is 6.15. The summed E-state index contributed by atoms with van der Waals surface area (Å²) in [5, 5.41) is 0. The minimum absolute atomic E-state index is 0.229. The van der Waals surface area contributed by atoms with E-state index in [0.29, 0.717) is 0 Å². The molecule has 0 aliphatic carbocycles. The van der Waals surface area contributed by atoms with Crippen LogP contribution in [-0.2, 0) is 4.74 Å². The number of nitrogens with two attached hydrogens (primary N) is 1. The third-order valence-corrected chi connectivity index (χ3v) is 2.50.